The second-order valence-electron chi connectivity index (χ2n) is 5.51. The van der Waals surface area contributed by atoms with Gasteiger partial charge in [-0.05, 0) is 44.2 Å². The number of aromatic carboxylic acids is 1. The average molecular weight is 262 g/mol. The molecule has 0 saturated carbocycles. The topological polar surface area (TPSA) is 43.8 Å². The number of carboxylic acids is 1. The van der Waals surface area contributed by atoms with Crippen LogP contribution in [0.15, 0.2) is 18.2 Å². The lowest BCUT2D eigenvalue weighted by molar-refractivity contribution is 0.0696. The van der Waals surface area contributed by atoms with E-state index in [1.54, 1.807) is 12.1 Å². The summed E-state index contributed by atoms with van der Waals surface area (Å²) in [7, 11) is 2.16. The van der Waals surface area contributed by atoms with Gasteiger partial charge in [0, 0.05) is 32.2 Å². The molecule has 0 amide bonds. The van der Waals surface area contributed by atoms with Crippen LogP contribution >= 0.6 is 0 Å². The van der Waals surface area contributed by atoms with Gasteiger partial charge in [0.25, 0.3) is 0 Å². The van der Waals surface area contributed by atoms with Gasteiger partial charge in [-0.2, -0.15) is 0 Å². The van der Waals surface area contributed by atoms with Gasteiger partial charge in [0.05, 0.1) is 5.56 Å². The van der Waals surface area contributed by atoms with Crippen molar-refractivity contribution in [1.82, 2.24) is 9.80 Å². The Balaban J connectivity index is 2.05. The fourth-order valence-corrected chi connectivity index (χ4v) is 2.51. The molecule has 1 unspecified atom stereocenters. The van der Waals surface area contributed by atoms with Crippen LogP contribution in [0.25, 0.3) is 0 Å². The molecule has 1 aliphatic heterocycles. The summed E-state index contributed by atoms with van der Waals surface area (Å²) in [6.45, 7) is 8.36. The van der Waals surface area contributed by atoms with E-state index in [2.05, 4.69) is 23.8 Å². The van der Waals surface area contributed by atoms with E-state index in [0.717, 1.165) is 31.7 Å². The zero-order valence-electron chi connectivity index (χ0n) is 11.9. The van der Waals surface area contributed by atoms with Crippen LogP contribution in [-0.2, 0) is 6.54 Å². The second kappa shape index (κ2) is 5.72. The highest BCUT2D eigenvalue weighted by Gasteiger charge is 2.20. The summed E-state index contributed by atoms with van der Waals surface area (Å²) in [5.41, 5.74) is 2.65. The van der Waals surface area contributed by atoms with Gasteiger partial charge in [-0.1, -0.05) is 6.07 Å². The first-order valence-electron chi connectivity index (χ1n) is 6.73. The lowest BCUT2D eigenvalue weighted by Crippen LogP contribution is -2.49. The summed E-state index contributed by atoms with van der Waals surface area (Å²) >= 11 is 0. The lowest BCUT2D eigenvalue weighted by Gasteiger charge is -2.37. The van der Waals surface area contributed by atoms with Gasteiger partial charge in [-0.15, -0.1) is 0 Å². The van der Waals surface area contributed by atoms with Crippen molar-refractivity contribution >= 4 is 5.97 Å². The molecule has 1 atom stereocenters. The molecule has 4 nitrogen and oxygen atoms in total. The third kappa shape index (κ3) is 3.33. The van der Waals surface area contributed by atoms with E-state index in [4.69, 9.17) is 5.11 Å². The minimum Gasteiger partial charge on any atom is -0.478 e. The van der Waals surface area contributed by atoms with E-state index in [1.807, 2.05) is 13.0 Å². The standard InChI is InChI=1S/C15H22N2O2/c1-11-8-13(15(18)19)4-5-14(11)10-17-7-6-16(3)12(2)9-17/h4-5,8,12H,6-7,9-10H2,1-3H3,(H,18,19). The quantitative estimate of drug-likeness (QED) is 0.902. The van der Waals surface area contributed by atoms with Gasteiger partial charge in [-0.3, -0.25) is 4.90 Å². The van der Waals surface area contributed by atoms with Gasteiger partial charge in [-0.25, -0.2) is 4.79 Å². The van der Waals surface area contributed by atoms with Gasteiger partial charge >= 0.3 is 5.97 Å². The van der Waals surface area contributed by atoms with Crippen LogP contribution in [0.4, 0.5) is 0 Å². The molecule has 1 fully saturated rings. The minimum absolute atomic E-state index is 0.369. The molecule has 4 heteroatoms. The van der Waals surface area contributed by atoms with Crippen molar-refractivity contribution < 1.29 is 9.90 Å². The van der Waals surface area contributed by atoms with Crippen LogP contribution in [0.5, 0.6) is 0 Å². The zero-order valence-corrected chi connectivity index (χ0v) is 11.9. The molecule has 19 heavy (non-hydrogen) atoms. The predicted octanol–water partition coefficient (Wildman–Crippen LogP) is 1.83. The summed E-state index contributed by atoms with van der Waals surface area (Å²) in [5, 5.41) is 8.97. The fourth-order valence-electron chi connectivity index (χ4n) is 2.51. The number of hydrogen-bond donors (Lipinski definition) is 1. The maximum atomic E-state index is 10.9. The summed E-state index contributed by atoms with van der Waals surface area (Å²) in [5.74, 6) is -0.858. The zero-order chi connectivity index (χ0) is 14.0. The summed E-state index contributed by atoms with van der Waals surface area (Å²) in [6.07, 6.45) is 0. The molecule has 1 N–H and O–H groups in total. The van der Waals surface area contributed by atoms with Crippen molar-refractivity contribution in [3.05, 3.63) is 34.9 Å². The van der Waals surface area contributed by atoms with Crippen molar-refractivity contribution in [3.8, 4) is 0 Å². The molecule has 1 aromatic rings. The molecule has 1 saturated heterocycles. The SMILES string of the molecule is Cc1cc(C(=O)O)ccc1CN1CCN(C)C(C)C1. The Morgan fingerprint density at radius 3 is 2.74 bits per heavy atom. The van der Waals surface area contributed by atoms with E-state index in [1.165, 1.54) is 5.56 Å². The van der Waals surface area contributed by atoms with Crippen molar-refractivity contribution in [2.75, 3.05) is 26.7 Å². The number of carbonyl (C=O) groups is 1. The van der Waals surface area contributed by atoms with Crippen LogP contribution in [0, 0.1) is 6.92 Å². The Labute approximate surface area is 114 Å². The largest absolute Gasteiger partial charge is 0.478 e. The maximum absolute atomic E-state index is 10.9. The number of nitrogens with zero attached hydrogens (tertiary/aromatic N) is 2. The number of piperazine rings is 1. The van der Waals surface area contributed by atoms with Crippen LogP contribution < -0.4 is 0 Å². The van der Waals surface area contributed by atoms with Gasteiger partial charge < -0.3 is 10.0 Å². The first-order chi connectivity index (χ1) is 8.97. The van der Waals surface area contributed by atoms with E-state index >= 15 is 0 Å². The van der Waals surface area contributed by atoms with Crippen molar-refractivity contribution in [1.29, 1.82) is 0 Å². The monoisotopic (exact) mass is 262 g/mol. The highest BCUT2D eigenvalue weighted by molar-refractivity contribution is 5.87. The second-order valence-corrected chi connectivity index (χ2v) is 5.51. The number of likely N-dealkylation sites (N-methyl/N-ethyl adjacent to an activating group) is 1. The highest BCUT2D eigenvalue weighted by Crippen LogP contribution is 2.16. The smallest absolute Gasteiger partial charge is 0.335 e. The Morgan fingerprint density at radius 2 is 2.16 bits per heavy atom. The van der Waals surface area contributed by atoms with Crippen LogP contribution in [0.2, 0.25) is 0 Å². The average Bonchev–Trinajstić information content (AvgIpc) is 2.36. The molecule has 0 aromatic heterocycles. The molecule has 2 rings (SSSR count). The van der Waals surface area contributed by atoms with Crippen molar-refractivity contribution in [2.24, 2.45) is 0 Å². The molecule has 104 valence electrons. The number of aryl methyl sites for hydroxylation is 1. The molecule has 0 radical (unpaired) electrons. The first-order valence-corrected chi connectivity index (χ1v) is 6.73. The predicted molar refractivity (Wildman–Crippen MR) is 75.5 cm³/mol. The Morgan fingerprint density at radius 1 is 1.42 bits per heavy atom. The molecular weight excluding hydrogens is 240 g/mol. The molecule has 1 aromatic carbocycles. The van der Waals surface area contributed by atoms with Crippen LogP contribution in [0.1, 0.15) is 28.4 Å². The molecule has 1 heterocycles. The minimum atomic E-state index is -0.858. The van der Waals surface area contributed by atoms with E-state index in [0.29, 0.717) is 11.6 Å². The van der Waals surface area contributed by atoms with Crippen molar-refractivity contribution in [2.45, 2.75) is 26.4 Å². The Bertz CT molecular complexity index is 473. The van der Waals surface area contributed by atoms with E-state index < -0.39 is 5.97 Å². The van der Waals surface area contributed by atoms with Crippen LogP contribution in [-0.4, -0.2) is 53.6 Å². The molecule has 0 aliphatic carbocycles. The van der Waals surface area contributed by atoms with Gasteiger partial charge in [0.15, 0.2) is 0 Å². The molecular formula is C15H22N2O2. The third-order valence-corrected chi connectivity index (χ3v) is 4.03. The highest BCUT2D eigenvalue weighted by atomic mass is 16.4. The van der Waals surface area contributed by atoms with Crippen molar-refractivity contribution in [3.63, 3.8) is 0 Å². The van der Waals surface area contributed by atoms with Crippen LogP contribution in [0.3, 0.4) is 0 Å². The van der Waals surface area contributed by atoms with Gasteiger partial charge in [0.2, 0.25) is 0 Å². The summed E-state index contributed by atoms with van der Waals surface area (Å²) in [4.78, 5) is 15.7. The number of hydrogen-bond acceptors (Lipinski definition) is 3. The van der Waals surface area contributed by atoms with E-state index in [-0.39, 0.29) is 0 Å². The normalized spacial score (nSPS) is 21.5. The fraction of sp³-hybridized carbons (Fsp3) is 0.533. The van der Waals surface area contributed by atoms with E-state index in [9.17, 15) is 4.79 Å². The Hall–Kier alpha value is -1.39. The third-order valence-electron chi connectivity index (χ3n) is 4.03. The number of rotatable bonds is 3. The number of benzene rings is 1. The van der Waals surface area contributed by atoms with Gasteiger partial charge in [0.1, 0.15) is 0 Å². The summed E-state index contributed by atoms with van der Waals surface area (Å²) in [6, 6.07) is 5.98. The molecule has 0 spiro atoms. The summed E-state index contributed by atoms with van der Waals surface area (Å²) < 4.78 is 0. The molecule has 0 bridgehead atoms. The first kappa shape index (κ1) is 14.0. The lowest BCUT2D eigenvalue weighted by atomic mass is 10.0. The number of carboxylic acid groups (broad SMARTS) is 1. The Kier molecular flexibility index (Phi) is 4.22. The maximum Gasteiger partial charge on any atom is 0.335 e. The molecule has 1 aliphatic rings.